The topological polar surface area (TPSA) is 195 Å². The molecule has 190 valence electrons. The van der Waals surface area contributed by atoms with Gasteiger partial charge in [-0.3, -0.25) is 28.8 Å². The molecular weight excluding hydrogens is 448 g/mol. The second kappa shape index (κ2) is 12.9. The molecular formula is C21H34N6O7. The van der Waals surface area contributed by atoms with E-state index < -0.39 is 72.6 Å². The zero-order chi connectivity index (χ0) is 25.1. The Labute approximate surface area is 197 Å². The summed E-state index contributed by atoms with van der Waals surface area (Å²) in [5.74, 6) is -4.67. The van der Waals surface area contributed by atoms with E-state index in [1.807, 2.05) is 0 Å². The van der Waals surface area contributed by atoms with Gasteiger partial charge in [-0.15, -0.1) is 0 Å². The average Bonchev–Trinajstić information content (AvgIpc) is 2.79. The second-order valence-corrected chi connectivity index (χ2v) is 8.62. The standard InChI is InChI=1S/C21H34N6O7/c1-22-9-5-6-13-18(32)23-11-15(28)25-14(10-17(30)31)19(33)24-12-16(29)27-21(20(34)26-13)7-3-2-4-8-21/h13-14,22H,2-12H2,1H3,(H,23,32)(H,24,33)(H,25,28)(H,26,34)(H,27,29)(H,30,31). The van der Waals surface area contributed by atoms with Crippen molar-refractivity contribution in [2.75, 3.05) is 26.7 Å². The van der Waals surface area contributed by atoms with E-state index in [9.17, 15) is 28.8 Å². The molecule has 2 fully saturated rings. The highest BCUT2D eigenvalue weighted by Gasteiger charge is 2.42. The monoisotopic (exact) mass is 482 g/mol. The second-order valence-electron chi connectivity index (χ2n) is 8.62. The number of nitrogens with one attached hydrogen (secondary N) is 6. The van der Waals surface area contributed by atoms with Crippen LogP contribution < -0.4 is 31.9 Å². The van der Waals surface area contributed by atoms with Crippen molar-refractivity contribution in [1.29, 1.82) is 0 Å². The largest absolute Gasteiger partial charge is 0.481 e. The van der Waals surface area contributed by atoms with E-state index >= 15 is 0 Å². The van der Waals surface area contributed by atoms with E-state index in [1.165, 1.54) is 0 Å². The van der Waals surface area contributed by atoms with Crippen molar-refractivity contribution in [3.63, 3.8) is 0 Å². The molecule has 2 aliphatic rings. The zero-order valence-corrected chi connectivity index (χ0v) is 19.3. The third-order valence-electron chi connectivity index (χ3n) is 5.94. The van der Waals surface area contributed by atoms with Crippen molar-refractivity contribution in [3.05, 3.63) is 0 Å². The maximum absolute atomic E-state index is 13.3. The van der Waals surface area contributed by atoms with Crippen molar-refractivity contribution in [2.45, 2.75) is 69.0 Å². The predicted octanol–water partition coefficient (Wildman–Crippen LogP) is -2.50. The molecule has 1 aliphatic heterocycles. The molecule has 1 spiro atoms. The Morgan fingerprint density at radius 2 is 1.56 bits per heavy atom. The van der Waals surface area contributed by atoms with Gasteiger partial charge in [-0.1, -0.05) is 19.3 Å². The minimum absolute atomic E-state index is 0.297. The highest BCUT2D eigenvalue weighted by molar-refractivity contribution is 5.98. The lowest BCUT2D eigenvalue weighted by Gasteiger charge is -2.37. The summed E-state index contributed by atoms with van der Waals surface area (Å²) < 4.78 is 0. The summed E-state index contributed by atoms with van der Waals surface area (Å²) in [7, 11) is 1.76. The molecule has 2 atom stereocenters. The first-order chi connectivity index (χ1) is 16.2. The Kier molecular flexibility index (Phi) is 10.2. The number of carbonyl (C=O) groups excluding carboxylic acids is 5. The van der Waals surface area contributed by atoms with Crippen molar-refractivity contribution in [2.24, 2.45) is 0 Å². The lowest BCUT2D eigenvalue weighted by Crippen LogP contribution is -2.63. The minimum atomic E-state index is -1.44. The normalized spacial score (nSPS) is 24.6. The van der Waals surface area contributed by atoms with Crippen LogP contribution in [0.2, 0.25) is 0 Å². The zero-order valence-electron chi connectivity index (χ0n) is 19.3. The molecule has 0 aromatic rings. The Morgan fingerprint density at radius 3 is 2.18 bits per heavy atom. The van der Waals surface area contributed by atoms with E-state index in [0.717, 1.165) is 6.42 Å². The van der Waals surface area contributed by atoms with E-state index in [1.54, 1.807) is 7.05 Å². The van der Waals surface area contributed by atoms with Crippen molar-refractivity contribution in [3.8, 4) is 0 Å². The fourth-order valence-electron chi connectivity index (χ4n) is 4.13. The van der Waals surface area contributed by atoms with Crippen LogP contribution in [-0.2, 0) is 28.8 Å². The van der Waals surface area contributed by atoms with Gasteiger partial charge in [0, 0.05) is 0 Å². The molecule has 13 nitrogen and oxygen atoms in total. The average molecular weight is 483 g/mol. The number of carboxylic acids is 1. The molecule has 0 bridgehead atoms. The molecule has 0 aromatic carbocycles. The van der Waals surface area contributed by atoms with Crippen LogP contribution in [-0.4, -0.2) is 84.9 Å². The van der Waals surface area contributed by atoms with E-state index in [4.69, 9.17) is 5.11 Å². The van der Waals surface area contributed by atoms with E-state index in [0.29, 0.717) is 45.1 Å². The van der Waals surface area contributed by atoms with Crippen molar-refractivity contribution >= 4 is 35.5 Å². The van der Waals surface area contributed by atoms with Crippen LogP contribution in [0.15, 0.2) is 0 Å². The number of rotatable bonds is 6. The molecule has 1 heterocycles. The van der Waals surface area contributed by atoms with Crippen LogP contribution in [0.25, 0.3) is 0 Å². The van der Waals surface area contributed by atoms with Gasteiger partial charge in [0.2, 0.25) is 29.5 Å². The SMILES string of the molecule is CNCCCC1NC(=O)C2(CCCCC2)NC(=O)CNC(=O)C(CC(=O)O)NC(=O)CNC1=O. The van der Waals surface area contributed by atoms with Gasteiger partial charge in [-0.2, -0.15) is 0 Å². The third kappa shape index (κ3) is 7.97. The maximum atomic E-state index is 13.3. The number of hydrogen-bond donors (Lipinski definition) is 7. The highest BCUT2D eigenvalue weighted by atomic mass is 16.4. The summed E-state index contributed by atoms with van der Waals surface area (Å²) in [6.07, 6.45) is 3.23. The molecule has 34 heavy (non-hydrogen) atoms. The van der Waals surface area contributed by atoms with Gasteiger partial charge < -0.3 is 37.0 Å². The number of hydrogen-bond acceptors (Lipinski definition) is 7. The molecule has 7 N–H and O–H groups in total. The van der Waals surface area contributed by atoms with Gasteiger partial charge in [-0.25, -0.2) is 0 Å². The molecule has 13 heteroatoms. The molecule has 0 aromatic heterocycles. The highest BCUT2D eigenvalue weighted by Crippen LogP contribution is 2.28. The Bertz CT molecular complexity index is 796. The molecule has 1 aliphatic carbocycles. The van der Waals surface area contributed by atoms with Gasteiger partial charge in [0.1, 0.15) is 17.6 Å². The summed E-state index contributed by atoms with van der Waals surface area (Å²) in [4.78, 5) is 74.6. The Morgan fingerprint density at radius 1 is 0.941 bits per heavy atom. The first-order valence-corrected chi connectivity index (χ1v) is 11.5. The van der Waals surface area contributed by atoms with Crippen LogP contribution in [0.4, 0.5) is 0 Å². The number of carbonyl (C=O) groups is 6. The van der Waals surface area contributed by atoms with Crippen LogP contribution in [0, 0.1) is 0 Å². The quantitative estimate of drug-likeness (QED) is 0.202. The molecule has 5 amide bonds. The minimum Gasteiger partial charge on any atom is -0.481 e. The molecule has 1 saturated carbocycles. The maximum Gasteiger partial charge on any atom is 0.305 e. The van der Waals surface area contributed by atoms with Crippen LogP contribution in [0.5, 0.6) is 0 Å². The number of aliphatic carboxylic acids is 1. The predicted molar refractivity (Wildman–Crippen MR) is 119 cm³/mol. The van der Waals surface area contributed by atoms with Gasteiger partial charge in [0.25, 0.3) is 0 Å². The van der Waals surface area contributed by atoms with Crippen LogP contribution >= 0.6 is 0 Å². The molecule has 0 radical (unpaired) electrons. The van der Waals surface area contributed by atoms with Crippen LogP contribution in [0.1, 0.15) is 51.4 Å². The lowest BCUT2D eigenvalue weighted by atomic mass is 9.80. The molecule has 2 unspecified atom stereocenters. The van der Waals surface area contributed by atoms with Gasteiger partial charge in [0.05, 0.1) is 19.5 Å². The Balaban J connectivity index is 2.30. The summed E-state index contributed by atoms with van der Waals surface area (Å²) >= 11 is 0. The van der Waals surface area contributed by atoms with Gasteiger partial charge in [-0.05, 0) is 39.3 Å². The smallest absolute Gasteiger partial charge is 0.305 e. The van der Waals surface area contributed by atoms with E-state index in [2.05, 4.69) is 31.9 Å². The van der Waals surface area contributed by atoms with Gasteiger partial charge >= 0.3 is 5.97 Å². The molecule has 2 rings (SSSR count). The fraction of sp³-hybridized carbons (Fsp3) is 0.714. The van der Waals surface area contributed by atoms with Crippen molar-refractivity contribution < 1.29 is 33.9 Å². The first kappa shape index (κ1) is 27.0. The summed E-state index contributed by atoms with van der Waals surface area (Å²) in [5.41, 5.74) is -1.23. The number of amides is 5. The Hall–Kier alpha value is -3.22. The van der Waals surface area contributed by atoms with E-state index in [-0.39, 0.29) is 0 Å². The number of carboxylic acid groups (broad SMARTS) is 1. The van der Waals surface area contributed by atoms with Crippen LogP contribution in [0.3, 0.4) is 0 Å². The fourth-order valence-corrected chi connectivity index (χ4v) is 4.13. The molecule has 1 saturated heterocycles. The van der Waals surface area contributed by atoms with Gasteiger partial charge in [0.15, 0.2) is 0 Å². The summed E-state index contributed by atoms with van der Waals surface area (Å²) in [5, 5.41) is 24.5. The summed E-state index contributed by atoms with van der Waals surface area (Å²) in [6.45, 7) is -0.405. The third-order valence-corrected chi connectivity index (χ3v) is 5.94. The first-order valence-electron chi connectivity index (χ1n) is 11.5. The summed E-state index contributed by atoms with van der Waals surface area (Å²) in [6, 6.07) is -2.38. The van der Waals surface area contributed by atoms with Crippen molar-refractivity contribution in [1.82, 2.24) is 31.9 Å². The lowest BCUT2D eigenvalue weighted by molar-refractivity contribution is -0.141.